The highest BCUT2D eigenvalue weighted by Gasteiger charge is 2.19. The Balaban J connectivity index is 0.00000312. The molecular weight excluding hydrogens is 429 g/mol. The van der Waals surface area contributed by atoms with Gasteiger partial charge in [-0.15, -0.1) is 24.0 Å². The zero-order valence-electron chi connectivity index (χ0n) is 15.6. The van der Waals surface area contributed by atoms with Crippen molar-refractivity contribution in [1.29, 1.82) is 0 Å². The van der Waals surface area contributed by atoms with E-state index in [1.165, 1.54) is 5.56 Å². The van der Waals surface area contributed by atoms with Crippen LogP contribution in [-0.4, -0.2) is 61.8 Å². The molecular formula is C18H32IN5O. The van der Waals surface area contributed by atoms with Gasteiger partial charge in [-0.2, -0.15) is 0 Å². The second kappa shape index (κ2) is 12.4. The van der Waals surface area contributed by atoms with Gasteiger partial charge in [0.05, 0.1) is 18.8 Å². The van der Waals surface area contributed by atoms with Crippen molar-refractivity contribution in [3.8, 4) is 0 Å². The molecule has 1 saturated heterocycles. The number of nitrogens with zero attached hydrogens (tertiary/aromatic N) is 3. The van der Waals surface area contributed by atoms with Gasteiger partial charge in [-0.3, -0.25) is 4.98 Å². The summed E-state index contributed by atoms with van der Waals surface area (Å²) >= 11 is 0. The smallest absolute Gasteiger partial charge is 0.191 e. The maximum atomic E-state index is 5.16. The Kier molecular flexibility index (Phi) is 11.0. The number of halogens is 1. The first-order chi connectivity index (χ1) is 11.7. The molecule has 0 unspecified atom stereocenters. The molecule has 0 amide bonds. The van der Waals surface area contributed by atoms with Gasteiger partial charge in [-0.05, 0) is 38.3 Å². The fourth-order valence-corrected chi connectivity index (χ4v) is 2.87. The van der Waals surface area contributed by atoms with Crippen LogP contribution in [0.4, 0.5) is 0 Å². The summed E-state index contributed by atoms with van der Waals surface area (Å²) in [6.45, 7) is 9.69. The van der Waals surface area contributed by atoms with Crippen molar-refractivity contribution < 1.29 is 4.74 Å². The first-order valence-corrected chi connectivity index (χ1v) is 8.89. The Labute approximate surface area is 168 Å². The number of aryl methyl sites for hydroxylation is 1. The van der Waals surface area contributed by atoms with Crippen LogP contribution in [0.5, 0.6) is 0 Å². The van der Waals surface area contributed by atoms with Gasteiger partial charge in [-0.1, -0.05) is 6.07 Å². The molecule has 0 spiro atoms. The summed E-state index contributed by atoms with van der Waals surface area (Å²) in [5.41, 5.74) is 2.22. The Morgan fingerprint density at radius 1 is 1.40 bits per heavy atom. The van der Waals surface area contributed by atoms with Gasteiger partial charge >= 0.3 is 0 Å². The lowest BCUT2D eigenvalue weighted by Gasteiger charge is -2.32. The second-order valence-corrected chi connectivity index (χ2v) is 6.22. The van der Waals surface area contributed by atoms with E-state index in [0.717, 1.165) is 57.3 Å². The molecule has 1 aromatic rings. The molecule has 1 aromatic heterocycles. The Morgan fingerprint density at radius 3 is 2.80 bits per heavy atom. The Morgan fingerprint density at radius 2 is 2.16 bits per heavy atom. The highest BCUT2D eigenvalue weighted by Crippen LogP contribution is 2.10. The summed E-state index contributed by atoms with van der Waals surface area (Å²) < 4.78 is 5.16. The number of ether oxygens (including phenoxy) is 1. The molecule has 0 atom stereocenters. The molecule has 0 radical (unpaired) electrons. The van der Waals surface area contributed by atoms with E-state index in [9.17, 15) is 0 Å². The predicted octanol–water partition coefficient (Wildman–Crippen LogP) is 2.17. The van der Waals surface area contributed by atoms with Gasteiger partial charge in [0.2, 0.25) is 0 Å². The molecule has 0 bridgehead atoms. The van der Waals surface area contributed by atoms with Crippen LogP contribution in [0.3, 0.4) is 0 Å². The van der Waals surface area contributed by atoms with Gasteiger partial charge in [0.25, 0.3) is 0 Å². The average Bonchev–Trinajstić information content (AvgIpc) is 2.60. The van der Waals surface area contributed by atoms with Gasteiger partial charge < -0.3 is 20.3 Å². The van der Waals surface area contributed by atoms with Crippen LogP contribution in [0.1, 0.15) is 31.0 Å². The van der Waals surface area contributed by atoms with Crippen molar-refractivity contribution >= 4 is 29.9 Å². The maximum absolute atomic E-state index is 5.16. The number of rotatable bonds is 7. The molecule has 6 nitrogen and oxygen atoms in total. The van der Waals surface area contributed by atoms with E-state index in [0.29, 0.717) is 12.6 Å². The van der Waals surface area contributed by atoms with Crippen molar-refractivity contribution in [2.24, 2.45) is 4.99 Å². The van der Waals surface area contributed by atoms with Crippen LogP contribution in [0.15, 0.2) is 23.3 Å². The summed E-state index contributed by atoms with van der Waals surface area (Å²) in [4.78, 5) is 11.6. The minimum absolute atomic E-state index is 0. The predicted molar refractivity (Wildman–Crippen MR) is 114 cm³/mol. The van der Waals surface area contributed by atoms with Crippen LogP contribution in [0.25, 0.3) is 0 Å². The zero-order valence-corrected chi connectivity index (χ0v) is 18.0. The van der Waals surface area contributed by atoms with Crippen LogP contribution in [0.2, 0.25) is 0 Å². The lowest BCUT2D eigenvalue weighted by molar-refractivity contribution is 0.128. The third-order valence-corrected chi connectivity index (χ3v) is 4.39. The molecule has 1 fully saturated rings. The molecule has 2 N–H and O–H groups in total. The van der Waals surface area contributed by atoms with Crippen molar-refractivity contribution in [3.05, 3.63) is 29.6 Å². The number of guanidine groups is 1. The lowest BCUT2D eigenvalue weighted by atomic mass is 10.1. The molecule has 2 heterocycles. The second-order valence-electron chi connectivity index (χ2n) is 6.22. The maximum Gasteiger partial charge on any atom is 0.191 e. The lowest BCUT2D eigenvalue weighted by Crippen LogP contribution is -2.49. The van der Waals surface area contributed by atoms with Crippen molar-refractivity contribution in [1.82, 2.24) is 20.5 Å². The van der Waals surface area contributed by atoms with Crippen LogP contribution >= 0.6 is 24.0 Å². The fraction of sp³-hybridized carbons (Fsp3) is 0.667. The van der Waals surface area contributed by atoms with Crippen molar-refractivity contribution in [2.75, 3.05) is 39.9 Å². The highest BCUT2D eigenvalue weighted by atomic mass is 127. The molecule has 7 heteroatoms. The monoisotopic (exact) mass is 461 g/mol. The summed E-state index contributed by atoms with van der Waals surface area (Å²) in [5, 5.41) is 6.92. The number of nitrogens with one attached hydrogen (secondary N) is 2. The molecule has 0 aromatic carbocycles. The Hall–Kier alpha value is -0.930. The van der Waals surface area contributed by atoms with Gasteiger partial charge in [0.1, 0.15) is 0 Å². The molecule has 1 aliphatic rings. The third kappa shape index (κ3) is 7.87. The molecule has 25 heavy (non-hydrogen) atoms. The fourth-order valence-electron chi connectivity index (χ4n) is 2.87. The molecule has 142 valence electrons. The van der Waals surface area contributed by atoms with Crippen LogP contribution in [-0.2, 0) is 11.3 Å². The standard InChI is InChI=1S/C18H31N5O.HI/c1-4-19-18(21-14-17-15(2)6-5-9-20-17)22-16-7-10-23(11-8-16)12-13-24-3;/h5-6,9,16H,4,7-8,10-14H2,1-3H3,(H2,19,21,22);1H. The normalized spacial score (nSPS) is 16.4. The minimum Gasteiger partial charge on any atom is -0.383 e. The number of hydrogen-bond acceptors (Lipinski definition) is 4. The quantitative estimate of drug-likeness (QED) is 0.371. The molecule has 0 aliphatic carbocycles. The van der Waals surface area contributed by atoms with E-state index in [-0.39, 0.29) is 24.0 Å². The molecule has 0 saturated carbocycles. The third-order valence-electron chi connectivity index (χ3n) is 4.39. The van der Waals surface area contributed by atoms with Gasteiger partial charge in [-0.25, -0.2) is 4.99 Å². The highest BCUT2D eigenvalue weighted by molar-refractivity contribution is 14.0. The minimum atomic E-state index is 0. The van der Waals surface area contributed by atoms with E-state index >= 15 is 0 Å². The zero-order chi connectivity index (χ0) is 17.2. The number of methoxy groups -OCH3 is 1. The first kappa shape index (κ1) is 22.1. The summed E-state index contributed by atoms with van der Waals surface area (Å²) in [5.74, 6) is 0.887. The van der Waals surface area contributed by atoms with E-state index in [4.69, 9.17) is 9.73 Å². The number of likely N-dealkylation sites (tertiary alicyclic amines) is 1. The summed E-state index contributed by atoms with van der Waals surface area (Å²) in [6.07, 6.45) is 4.10. The van der Waals surface area contributed by atoms with Crippen molar-refractivity contribution in [3.63, 3.8) is 0 Å². The summed E-state index contributed by atoms with van der Waals surface area (Å²) in [6, 6.07) is 4.52. The van der Waals surface area contributed by atoms with E-state index < -0.39 is 0 Å². The molecule has 2 rings (SSSR count). The number of aromatic nitrogens is 1. The summed E-state index contributed by atoms with van der Waals surface area (Å²) in [7, 11) is 1.76. The number of hydrogen-bond donors (Lipinski definition) is 2. The van der Waals surface area contributed by atoms with Crippen molar-refractivity contribution in [2.45, 2.75) is 39.3 Å². The van der Waals surface area contributed by atoms with Crippen LogP contribution < -0.4 is 10.6 Å². The average molecular weight is 461 g/mol. The van der Waals surface area contributed by atoms with Crippen LogP contribution in [0, 0.1) is 6.92 Å². The number of aliphatic imine (C=N–C) groups is 1. The number of piperidine rings is 1. The van der Waals surface area contributed by atoms with Gasteiger partial charge in [0, 0.05) is 45.5 Å². The Bertz CT molecular complexity index is 518. The first-order valence-electron chi connectivity index (χ1n) is 8.89. The largest absolute Gasteiger partial charge is 0.383 e. The van der Waals surface area contributed by atoms with E-state index in [1.54, 1.807) is 7.11 Å². The molecule has 1 aliphatic heterocycles. The topological polar surface area (TPSA) is 61.8 Å². The van der Waals surface area contributed by atoms with E-state index in [1.807, 2.05) is 12.3 Å². The number of pyridine rings is 1. The SMILES string of the molecule is CCNC(=NCc1ncccc1C)NC1CCN(CCOC)CC1.I. The van der Waals surface area contributed by atoms with E-state index in [2.05, 4.69) is 40.4 Å². The van der Waals surface area contributed by atoms with Gasteiger partial charge in [0.15, 0.2) is 5.96 Å².